The van der Waals surface area contributed by atoms with Crippen molar-refractivity contribution in [2.75, 3.05) is 0 Å². The normalized spacial score (nSPS) is 12.4. The van der Waals surface area contributed by atoms with E-state index in [0.717, 1.165) is 28.8 Å². The molecule has 6 aromatic rings. The zero-order valence-electron chi connectivity index (χ0n) is 23.4. The molecule has 192 valence electrons. The predicted molar refractivity (Wildman–Crippen MR) is 164 cm³/mol. The van der Waals surface area contributed by atoms with Crippen LogP contribution in [0.2, 0.25) is 0 Å². The van der Waals surface area contributed by atoms with Gasteiger partial charge in [0, 0.05) is 20.5 Å². The maximum Gasteiger partial charge on any atom is 0.227 e. The van der Waals surface area contributed by atoms with Crippen LogP contribution in [0, 0.1) is 19.8 Å². The second kappa shape index (κ2) is 9.10. The Labute approximate surface area is 229 Å². The van der Waals surface area contributed by atoms with Gasteiger partial charge >= 0.3 is 0 Å². The molecule has 0 amide bonds. The van der Waals surface area contributed by atoms with Crippen LogP contribution in [0.5, 0.6) is 0 Å². The molecule has 6 rings (SSSR count). The molecule has 0 saturated heterocycles. The highest BCUT2D eigenvalue weighted by molar-refractivity contribution is 7.19. The molecule has 3 aromatic carbocycles. The fourth-order valence-electron chi connectivity index (χ4n) is 5.70. The lowest BCUT2D eigenvalue weighted by Gasteiger charge is -2.22. The largest absolute Gasteiger partial charge is 0.443 e. The van der Waals surface area contributed by atoms with Crippen LogP contribution in [-0.4, -0.2) is 4.98 Å². The average Bonchev–Trinajstić information content (AvgIpc) is 3.39. The number of hydrogen-bond acceptors (Lipinski definition) is 3. The lowest BCUT2D eigenvalue weighted by atomic mass is 9.82. The minimum atomic E-state index is 0.0135. The molecular weight excluding hydrogens is 482 g/mol. The molecule has 0 aliphatic heterocycles. The van der Waals surface area contributed by atoms with E-state index in [9.17, 15) is 0 Å². The molecule has 38 heavy (non-hydrogen) atoms. The van der Waals surface area contributed by atoms with Gasteiger partial charge in [0.05, 0.1) is 5.69 Å². The Bertz CT molecular complexity index is 1830. The molecule has 0 unspecified atom stereocenters. The molecule has 3 heteroatoms. The number of thiophene rings is 1. The first-order valence-electron chi connectivity index (χ1n) is 13.6. The van der Waals surface area contributed by atoms with Crippen LogP contribution < -0.4 is 0 Å². The zero-order valence-corrected chi connectivity index (χ0v) is 24.2. The van der Waals surface area contributed by atoms with Crippen molar-refractivity contribution >= 4 is 43.3 Å². The highest BCUT2D eigenvalue weighted by atomic mass is 32.1. The summed E-state index contributed by atoms with van der Waals surface area (Å²) in [6.07, 6.45) is 1.12. The zero-order chi connectivity index (χ0) is 26.8. The molecule has 0 saturated carbocycles. The number of rotatable bonds is 4. The van der Waals surface area contributed by atoms with E-state index in [1.807, 2.05) is 18.3 Å². The van der Waals surface area contributed by atoms with Crippen LogP contribution >= 0.6 is 11.3 Å². The number of hydrogen-bond donors (Lipinski definition) is 0. The number of pyridine rings is 1. The Morgan fingerprint density at radius 3 is 2.39 bits per heavy atom. The van der Waals surface area contributed by atoms with Crippen LogP contribution in [0.4, 0.5) is 0 Å². The van der Waals surface area contributed by atoms with E-state index in [2.05, 4.69) is 108 Å². The van der Waals surface area contributed by atoms with Crippen molar-refractivity contribution in [3.05, 3.63) is 88.5 Å². The van der Waals surface area contributed by atoms with Crippen LogP contribution in [0.15, 0.2) is 71.1 Å². The van der Waals surface area contributed by atoms with Gasteiger partial charge in [-0.15, -0.1) is 11.3 Å². The summed E-state index contributed by atoms with van der Waals surface area (Å²) in [7, 11) is 0. The molecule has 3 heterocycles. The van der Waals surface area contributed by atoms with Crippen molar-refractivity contribution in [2.24, 2.45) is 5.92 Å². The molecule has 0 bridgehead atoms. The molecule has 0 N–H and O–H groups in total. The minimum Gasteiger partial charge on any atom is -0.443 e. The summed E-state index contributed by atoms with van der Waals surface area (Å²) < 4.78 is 7.47. The van der Waals surface area contributed by atoms with Crippen molar-refractivity contribution in [1.82, 2.24) is 4.98 Å². The summed E-state index contributed by atoms with van der Waals surface area (Å²) in [6, 6.07) is 24.6. The van der Waals surface area contributed by atoms with Crippen LogP contribution in [0.3, 0.4) is 0 Å². The molecule has 0 atom stereocenters. The van der Waals surface area contributed by atoms with Gasteiger partial charge in [-0.1, -0.05) is 71.0 Å². The fraction of sp³-hybridized carbons (Fsp3) is 0.286. The quantitative estimate of drug-likeness (QED) is 0.232. The van der Waals surface area contributed by atoms with Gasteiger partial charge < -0.3 is 4.42 Å². The van der Waals surface area contributed by atoms with Crippen molar-refractivity contribution < 1.29 is 4.42 Å². The van der Waals surface area contributed by atoms with Crippen molar-refractivity contribution in [1.29, 1.82) is 0 Å². The smallest absolute Gasteiger partial charge is 0.227 e. The van der Waals surface area contributed by atoms with Gasteiger partial charge in [-0.25, -0.2) is 4.98 Å². The molecular formula is C35H35NOS. The summed E-state index contributed by atoms with van der Waals surface area (Å²) in [6.45, 7) is 15.7. The van der Waals surface area contributed by atoms with Gasteiger partial charge in [0.15, 0.2) is 0 Å². The topological polar surface area (TPSA) is 26.0 Å². The Morgan fingerprint density at radius 2 is 1.63 bits per heavy atom. The molecule has 0 aliphatic carbocycles. The minimum absolute atomic E-state index is 0.0135. The lowest BCUT2D eigenvalue weighted by Crippen LogP contribution is -2.12. The maximum absolute atomic E-state index is 6.12. The summed E-state index contributed by atoms with van der Waals surface area (Å²) in [4.78, 5) is 6.46. The average molecular weight is 518 g/mol. The number of aryl methyl sites for hydroxylation is 2. The number of furan rings is 1. The van der Waals surface area contributed by atoms with E-state index in [4.69, 9.17) is 9.40 Å². The number of benzene rings is 3. The summed E-state index contributed by atoms with van der Waals surface area (Å²) >= 11 is 1.91. The summed E-state index contributed by atoms with van der Waals surface area (Å²) in [5.41, 5.74) is 7.99. The third-order valence-electron chi connectivity index (χ3n) is 7.51. The van der Waals surface area contributed by atoms with Gasteiger partial charge in [-0.05, 0) is 100 Å². The van der Waals surface area contributed by atoms with E-state index in [0.29, 0.717) is 11.6 Å². The first kappa shape index (κ1) is 24.9. The third-order valence-corrected chi connectivity index (χ3v) is 8.62. The van der Waals surface area contributed by atoms with Crippen LogP contribution in [0.1, 0.15) is 56.4 Å². The maximum atomic E-state index is 6.12. The summed E-state index contributed by atoms with van der Waals surface area (Å²) in [5.74, 6) is 1.52. The molecule has 0 radical (unpaired) electrons. The first-order chi connectivity index (χ1) is 18.1. The first-order valence-corrected chi connectivity index (χ1v) is 14.4. The lowest BCUT2D eigenvalue weighted by molar-refractivity contribution is 0.568. The molecule has 3 aromatic heterocycles. The van der Waals surface area contributed by atoms with Gasteiger partial charge in [0.1, 0.15) is 5.76 Å². The van der Waals surface area contributed by atoms with Gasteiger partial charge in [-0.3, -0.25) is 0 Å². The highest BCUT2D eigenvalue weighted by Gasteiger charge is 2.20. The Hall–Kier alpha value is -3.43. The third kappa shape index (κ3) is 4.33. The van der Waals surface area contributed by atoms with Crippen molar-refractivity contribution in [3.8, 4) is 22.4 Å². The second-order valence-corrected chi connectivity index (χ2v) is 13.3. The van der Waals surface area contributed by atoms with Gasteiger partial charge in [0.2, 0.25) is 5.71 Å². The van der Waals surface area contributed by atoms with E-state index < -0.39 is 0 Å². The van der Waals surface area contributed by atoms with Crippen LogP contribution in [0.25, 0.3) is 54.3 Å². The molecule has 2 nitrogen and oxygen atoms in total. The number of nitrogens with zero attached hydrogens (tertiary/aromatic N) is 1. The Morgan fingerprint density at radius 1 is 0.842 bits per heavy atom. The van der Waals surface area contributed by atoms with Crippen molar-refractivity contribution in [2.45, 2.75) is 60.3 Å². The number of fused-ring (bicyclic) bond motifs is 3. The molecule has 0 spiro atoms. The number of aromatic nitrogens is 1. The fourth-order valence-corrected chi connectivity index (χ4v) is 6.83. The van der Waals surface area contributed by atoms with E-state index in [-0.39, 0.29) is 5.41 Å². The molecule has 0 aliphatic rings. The SMILES string of the molecule is Cc1cc2c(-c3ccc4c(CC(C)C)c(C)sc4c3)cc(-c3cc(C(C)(C)C)c4ccccc4c3)nc2o1. The van der Waals surface area contributed by atoms with E-state index in [1.165, 1.54) is 48.0 Å². The molecule has 0 fully saturated rings. The van der Waals surface area contributed by atoms with Crippen molar-refractivity contribution in [3.63, 3.8) is 0 Å². The Balaban J connectivity index is 1.57. The van der Waals surface area contributed by atoms with Crippen LogP contribution in [-0.2, 0) is 11.8 Å². The van der Waals surface area contributed by atoms with Gasteiger partial charge in [-0.2, -0.15) is 0 Å². The second-order valence-electron chi connectivity index (χ2n) is 12.1. The van der Waals surface area contributed by atoms with E-state index in [1.54, 1.807) is 0 Å². The van der Waals surface area contributed by atoms with Gasteiger partial charge in [0.25, 0.3) is 0 Å². The van der Waals surface area contributed by atoms with E-state index >= 15 is 0 Å². The Kier molecular flexibility index (Phi) is 5.96. The predicted octanol–water partition coefficient (Wildman–Crippen LogP) is 10.6. The standard InChI is InChI=1S/C35H35NOS/c1-20(2)14-28-22(4)38-33-18-24(12-13-27(28)33)29-19-32(36-34-30(29)15-21(3)37-34)25-16-23-10-8-9-11-26(23)31(17-25)35(5,6)7/h8-13,15-20H,14H2,1-7H3. The monoisotopic (exact) mass is 517 g/mol. The summed E-state index contributed by atoms with van der Waals surface area (Å²) in [5, 5.41) is 5.00. The highest BCUT2D eigenvalue weighted by Crippen LogP contribution is 2.40.